The van der Waals surface area contributed by atoms with Crippen LogP contribution in [0.1, 0.15) is 55.3 Å². The van der Waals surface area contributed by atoms with Crippen LogP contribution in [0.5, 0.6) is 0 Å². The lowest BCUT2D eigenvalue weighted by atomic mass is 9.95. The molecule has 1 aromatic heterocycles. The Kier molecular flexibility index (Phi) is 5.35. The fourth-order valence-corrected chi connectivity index (χ4v) is 3.58. The second-order valence-electron chi connectivity index (χ2n) is 7.47. The highest BCUT2D eigenvalue weighted by molar-refractivity contribution is 5.99. The number of likely N-dealkylation sites (tertiary alicyclic amines) is 1. The molecule has 2 heterocycles. The Labute approximate surface area is 154 Å². The zero-order valence-corrected chi connectivity index (χ0v) is 16.1. The lowest BCUT2D eigenvalue weighted by Crippen LogP contribution is -2.44. The molecular weight excluding hydrogens is 328 g/mol. The third-order valence-electron chi connectivity index (χ3n) is 5.19. The van der Waals surface area contributed by atoms with Crippen molar-refractivity contribution in [1.29, 1.82) is 0 Å². The molecule has 0 spiro atoms. The highest BCUT2D eigenvalue weighted by atomic mass is 16.3. The van der Waals surface area contributed by atoms with Gasteiger partial charge in [0.25, 0.3) is 5.91 Å². The SMILES string of the molecule is CCc1ccc2oc(C(=O)N3CCC(C(=O)NC(C)C)CC3)c(C)c2c1. The normalized spacial score (nSPS) is 15.7. The van der Waals surface area contributed by atoms with Gasteiger partial charge >= 0.3 is 0 Å². The van der Waals surface area contributed by atoms with Crippen molar-refractivity contribution in [3.8, 4) is 0 Å². The van der Waals surface area contributed by atoms with E-state index >= 15 is 0 Å². The minimum atomic E-state index is -0.0699. The van der Waals surface area contributed by atoms with Gasteiger partial charge in [-0.1, -0.05) is 13.0 Å². The maximum Gasteiger partial charge on any atom is 0.289 e. The second kappa shape index (κ2) is 7.52. The molecule has 0 bridgehead atoms. The fraction of sp³-hybridized carbons (Fsp3) is 0.524. The predicted molar refractivity (Wildman–Crippen MR) is 102 cm³/mol. The third-order valence-corrected chi connectivity index (χ3v) is 5.19. The zero-order chi connectivity index (χ0) is 18.8. The molecule has 1 aromatic carbocycles. The van der Waals surface area contributed by atoms with E-state index in [1.807, 2.05) is 37.8 Å². The fourth-order valence-electron chi connectivity index (χ4n) is 3.58. The van der Waals surface area contributed by atoms with Crippen LogP contribution in [0.15, 0.2) is 22.6 Å². The standard InChI is InChI=1S/C21H28N2O3/c1-5-15-6-7-18-17(12-15)14(4)19(26-18)21(25)23-10-8-16(9-11-23)20(24)22-13(2)3/h6-7,12-13,16H,5,8-11H2,1-4H3,(H,22,24). The van der Waals surface area contributed by atoms with Crippen LogP contribution in [0.4, 0.5) is 0 Å². The van der Waals surface area contributed by atoms with Crippen LogP contribution in [0.2, 0.25) is 0 Å². The maximum absolute atomic E-state index is 12.9. The molecule has 26 heavy (non-hydrogen) atoms. The number of rotatable bonds is 4. The summed E-state index contributed by atoms with van der Waals surface area (Å²) in [4.78, 5) is 26.9. The van der Waals surface area contributed by atoms with Crippen molar-refractivity contribution in [1.82, 2.24) is 10.2 Å². The summed E-state index contributed by atoms with van der Waals surface area (Å²) >= 11 is 0. The Balaban J connectivity index is 1.72. The van der Waals surface area contributed by atoms with Crippen molar-refractivity contribution in [2.24, 2.45) is 5.92 Å². The number of carbonyl (C=O) groups excluding carboxylic acids is 2. The van der Waals surface area contributed by atoms with E-state index in [1.165, 1.54) is 5.56 Å². The molecule has 1 N–H and O–H groups in total. The van der Waals surface area contributed by atoms with Gasteiger partial charge in [0, 0.05) is 36.0 Å². The Hall–Kier alpha value is -2.30. The average Bonchev–Trinajstić information content (AvgIpc) is 2.96. The lowest BCUT2D eigenvalue weighted by Gasteiger charge is -2.31. The molecule has 1 fully saturated rings. The number of amides is 2. The van der Waals surface area contributed by atoms with Crippen LogP contribution in [-0.4, -0.2) is 35.8 Å². The molecule has 0 atom stereocenters. The van der Waals surface area contributed by atoms with Crippen LogP contribution in [0.25, 0.3) is 11.0 Å². The smallest absolute Gasteiger partial charge is 0.289 e. The van der Waals surface area contributed by atoms with Crippen molar-refractivity contribution >= 4 is 22.8 Å². The first-order chi connectivity index (χ1) is 12.4. The largest absolute Gasteiger partial charge is 0.451 e. The predicted octanol–water partition coefficient (Wildman–Crippen LogP) is 3.68. The molecule has 5 nitrogen and oxygen atoms in total. The molecule has 3 rings (SSSR count). The zero-order valence-electron chi connectivity index (χ0n) is 16.1. The number of nitrogens with one attached hydrogen (secondary N) is 1. The van der Waals surface area contributed by atoms with E-state index in [0.717, 1.165) is 23.0 Å². The van der Waals surface area contributed by atoms with Crippen molar-refractivity contribution in [2.75, 3.05) is 13.1 Å². The summed E-state index contributed by atoms with van der Waals surface area (Å²) in [7, 11) is 0. The average molecular weight is 356 g/mol. The number of piperidine rings is 1. The van der Waals surface area contributed by atoms with Gasteiger partial charge in [0.15, 0.2) is 5.76 Å². The van der Waals surface area contributed by atoms with E-state index < -0.39 is 0 Å². The summed E-state index contributed by atoms with van der Waals surface area (Å²) in [6, 6.07) is 6.24. The summed E-state index contributed by atoms with van der Waals surface area (Å²) in [5, 5.41) is 3.98. The first-order valence-corrected chi connectivity index (χ1v) is 9.52. The van der Waals surface area contributed by atoms with E-state index in [0.29, 0.717) is 31.7 Å². The molecule has 5 heteroatoms. The van der Waals surface area contributed by atoms with E-state index in [9.17, 15) is 9.59 Å². The minimum Gasteiger partial charge on any atom is -0.451 e. The Morgan fingerprint density at radius 1 is 1.27 bits per heavy atom. The van der Waals surface area contributed by atoms with E-state index in [1.54, 1.807) is 0 Å². The maximum atomic E-state index is 12.9. The van der Waals surface area contributed by atoms with Crippen molar-refractivity contribution in [2.45, 2.75) is 53.0 Å². The van der Waals surface area contributed by atoms with E-state index in [4.69, 9.17) is 4.42 Å². The number of fused-ring (bicyclic) bond motifs is 1. The Morgan fingerprint density at radius 3 is 2.58 bits per heavy atom. The summed E-state index contributed by atoms with van der Waals surface area (Å²) in [6.07, 6.45) is 2.35. The third kappa shape index (κ3) is 3.62. The van der Waals surface area contributed by atoms with Crippen LogP contribution >= 0.6 is 0 Å². The molecule has 0 unspecified atom stereocenters. The van der Waals surface area contributed by atoms with Gasteiger partial charge < -0.3 is 14.6 Å². The molecule has 1 saturated heterocycles. The number of hydrogen-bond donors (Lipinski definition) is 1. The van der Waals surface area contributed by atoms with Crippen LogP contribution in [0, 0.1) is 12.8 Å². The first-order valence-electron chi connectivity index (χ1n) is 9.52. The topological polar surface area (TPSA) is 62.6 Å². The van der Waals surface area contributed by atoms with Gasteiger partial charge in [-0.05, 0) is 57.7 Å². The summed E-state index contributed by atoms with van der Waals surface area (Å²) in [5.74, 6) is 0.447. The van der Waals surface area contributed by atoms with Crippen LogP contribution in [-0.2, 0) is 11.2 Å². The molecule has 0 radical (unpaired) electrons. The molecule has 1 aliphatic rings. The molecule has 2 amide bonds. The van der Waals surface area contributed by atoms with Gasteiger partial charge in [0.1, 0.15) is 5.58 Å². The highest BCUT2D eigenvalue weighted by Crippen LogP contribution is 2.28. The lowest BCUT2D eigenvalue weighted by molar-refractivity contribution is -0.126. The number of aryl methyl sites for hydroxylation is 2. The molecule has 140 valence electrons. The highest BCUT2D eigenvalue weighted by Gasteiger charge is 2.30. The van der Waals surface area contributed by atoms with Crippen molar-refractivity contribution < 1.29 is 14.0 Å². The monoisotopic (exact) mass is 356 g/mol. The quantitative estimate of drug-likeness (QED) is 0.909. The van der Waals surface area contributed by atoms with Gasteiger partial charge in [-0.2, -0.15) is 0 Å². The first kappa shape index (κ1) is 18.5. The Morgan fingerprint density at radius 2 is 1.96 bits per heavy atom. The van der Waals surface area contributed by atoms with Crippen LogP contribution in [0.3, 0.4) is 0 Å². The molecule has 1 aliphatic heterocycles. The number of nitrogens with zero attached hydrogens (tertiary/aromatic N) is 1. The Bertz CT molecular complexity index is 814. The molecule has 0 saturated carbocycles. The summed E-state index contributed by atoms with van der Waals surface area (Å²) in [6.45, 7) is 9.16. The number of hydrogen-bond acceptors (Lipinski definition) is 3. The van der Waals surface area contributed by atoms with Gasteiger partial charge in [-0.3, -0.25) is 9.59 Å². The van der Waals surface area contributed by atoms with Crippen molar-refractivity contribution in [3.63, 3.8) is 0 Å². The van der Waals surface area contributed by atoms with E-state index in [-0.39, 0.29) is 23.8 Å². The van der Waals surface area contributed by atoms with Gasteiger partial charge in [0.05, 0.1) is 0 Å². The molecular formula is C21H28N2O3. The number of benzene rings is 1. The summed E-state index contributed by atoms with van der Waals surface area (Å²) in [5.41, 5.74) is 2.89. The molecule has 2 aromatic rings. The van der Waals surface area contributed by atoms with Crippen molar-refractivity contribution in [3.05, 3.63) is 35.1 Å². The van der Waals surface area contributed by atoms with E-state index in [2.05, 4.69) is 18.3 Å². The summed E-state index contributed by atoms with van der Waals surface area (Å²) < 4.78 is 5.87. The number of furan rings is 1. The van der Waals surface area contributed by atoms with Gasteiger partial charge in [-0.15, -0.1) is 0 Å². The number of carbonyl (C=O) groups is 2. The minimum absolute atomic E-state index is 0.00895. The van der Waals surface area contributed by atoms with Gasteiger partial charge in [0.2, 0.25) is 5.91 Å². The molecule has 0 aliphatic carbocycles. The second-order valence-corrected chi connectivity index (χ2v) is 7.47. The van der Waals surface area contributed by atoms with Gasteiger partial charge in [-0.25, -0.2) is 0 Å². The van der Waals surface area contributed by atoms with Crippen LogP contribution < -0.4 is 5.32 Å².